The first-order valence-corrected chi connectivity index (χ1v) is 11.0. The highest BCUT2D eigenvalue weighted by Crippen LogP contribution is 2.45. The van der Waals surface area contributed by atoms with Gasteiger partial charge >= 0.3 is 0 Å². The van der Waals surface area contributed by atoms with Crippen LogP contribution in [0.2, 0.25) is 0 Å². The molecule has 0 atom stereocenters. The number of aryl methyl sites for hydroxylation is 1. The Kier molecular flexibility index (Phi) is 4.10. The molecule has 1 aliphatic heterocycles. The van der Waals surface area contributed by atoms with Gasteiger partial charge < -0.3 is 14.4 Å². The quantitative estimate of drug-likeness (QED) is 0.658. The molecule has 0 radical (unpaired) electrons. The van der Waals surface area contributed by atoms with Crippen LogP contribution in [0.3, 0.4) is 0 Å². The Morgan fingerprint density at radius 1 is 1.07 bits per heavy atom. The van der Waals surface area contributed by atoms with Gasteiger partial charge in [0.25, 0.3) is 5.91 Å². The number of carbonyl (C=O) groups excluding carboxylic acids is 2. The van der Waals surface area contributed by atoms with E-state index in [0.717, 1.165) is 48.6 Å². The van der Waals surface area contributed by atoms with Crippen LogP contribution in [-0.4, -0.2) is 52.7 Å². The van der Waals surface area contributed by atoms with Gasteiger partial charge in [-0.15, -0.1) is 11.3 Å². The van der Waals surface area contributed by atoms with E-state index >= 15 is 0 Å². The second-order valence-electron chi connectivity index (χ2n) is 7.84. The van der Waals surface area contributed by atoms with Crippen LogP contribution in [0.15, 0.2) is 12.1 Å². The maximum absolute atomic E-state index is 12.6. The Bertz CT molecular complexity index is 1140. The fourth-order valence-electron chi connectivity index (χ4n) is 4.85. The first kappa shape index (κ1) is 17.9. The second kappa shape index (κ2) is 6.42. The number of nitrogens with zero attached hydrogens (tertiary/aromatic N) is 3. The molecule has 28 heavy (non-hydrogen) atoms. The summed E-state index contributed by atoms with van der Waals surface area (Å²) < 4.78 is 2.39. The fraction of sp³-hybridized carbons (Fsp3) is 0.455. The maximum atomic E-state index is 12.6. The molecule has 0 unspecified atom stereocenters. The normalized spacial score (nSPS) is 16.2. The molecule has 1 aromatic carbocycles. The van der Waals surface area contributed by atoms with E-state index in [9.17, 15) is 9.59 Å². The lowest BCUT2D eigenvalue weighted by molar-refractivity contribution is 0.0819. The molecule has 5 nitrogen and oxygen atoms in total. The summed E-state index contributed by atoms with van der Waals surface area (Å²) >= 11 is 1.63. The third kappa shape index (κ3) is 2.34. The van der Waals surface area contributed by atoms with E-state index in [-0.39, 0.29) is 11.7 Å². The number of fused-ring (bicyclic) bond motifs is 7. The molecule has 0 spiro atoms. The zero-order chi connectivity index (χ0) is 19.6. The van der Waals surface area contributed by atoms with Gasteiger partial charge in [-0.2, -0.15) is 0 Å². The van der Waals surface area contributed by atoms with Crippen molar-refractivity contribution in [2.24, 2.45) is 0 Å². The van der Waals surface area contributed by atoms with Gasteiger partial charge in [0.15, 0.2) is 5.78 Å². The van der Waals surface area contributed by atoms with Gasteiger partial charge in [-0.05, 0) is 37.2 Å². The van der Waals surface area contributed by atoms with Gasteiger partial charge in [0, 0.05) is 55.0 Å². The smallest absolute Gasteiger partial charge is 0.264 e. The minimum atomic E-state index is 0.128. The van der Waals surface area contributed by atoms with Crippen LogP contribution < -0.4 is 0 Å². The fourth-order valence-corrected chi connectivity index (χ4v) is 6.21. The molecule has 0 saturated heterocycles. The number of amides is 1. The molecule has 0 bridgehead atoms. The van der Waals surface area contributed by atoms with E-state index < -0.39 is 0 Å². The van der Waals surface area contributed by atoms with Crippen LogP contribution in [0.4, 0.5) is 0 Å². The topological polar surface area (TPSA) is 45.6 Å². The zero-order valence-electron chi connectivity index (χ0n) is 16.7. The Labute approximate surface area is 168 Å². The van der Waals surface area contributed by atoms with Crippen molar-refractivity contribution in [2.45, 2.75) is 39.8 Å². The lowest BCUT2D eigenvalue weighted by Crippen LogP contribution is -2.26. The average Bonchev–Trinajstić information content (AvgIpc) is 3.39. The van der Waals surface area contributed by atoms with Crippen LogP contribution in [0.1, 0.15) is 51.4 Å². The lowest BCUT2D eigenvalue weighted by atomic mass is 10.0. The molecule has 0 fully saturated rings. The molecule has 0 N–H and O–H groups in total. The molecular formula is C22H25N3O2S. The number of carbonyl (C=O) groups is 2. The number of aromatic nitrogens is 1. The maximum Gasteiger partial charge on any atom is 0.264 e. The van der Waals surface area contributed by atoms with E-state index in [2.05, 4.69) is 29.4 Å². The summed E-state index contributed by atoms with van der Waals surface area (Å²) in [6.07, 6.45) is 1.42. The summed E-state index contributed by atoms with van der Waals surface area (Å²) in [5.74, 6) is 0.379. The first-order chi connectivity index (χ1) is 13.5. The van der Waals surface area contributed by atoms with Crippen LogP contribution in [0, 0.1) is 0 Å². The van der Waals surface area contributed by atoms with Crippen molar-refractivity contribution in [3.8, 4) is 0 Å². The van der Waals surface area contributed by atoms with E-state index in [1.54, 1.807) is 16.2 Å². The van der Waals surface area contributed by atoms with Gasteiger partial charge in [-0.3, -0.25) is 9.59 Å². The molecule has 3 heterocycles. The molecule has 0 saturated carbocycles. The molecular weight excluding hydrogens is 370 g/mol. The standard InChI is InChI=1S/C22H25N3O2S/c1-4-24(5-2)10-11-25-16-8-6-13-14(7-9-17(13)26)18(16)19-15-12-23(3)21(27)20(15)28-22(19)25/h6,8H,4-5,7,9-12H2,1-3H3. The highest BCUT2D eigenvalue weighted by molar-refractivity contribution is 7.21. The van der Waals surface area contributed by atoms with Gasteiger partial charge in [0.2, 0.25) is 0 Å². The van der Waals surface area contributed by atoms with Crippen LogP contribution >= 0.6 is 11.3 Å². The molecule has 2 aromatic heterocycles. The van der Waals surface area contributed by atoms with Gasteiger partial charge in [0.05, 0.1) is 10.4 Å². The third-order valence-electron chi connectivity index (χ3n) is 6.44. The van der Waals surface area contributed by atoms with Crippen molar-refractivity contribution < 1.29 is 9.59 Å². The van der Waals surface area contributed by atoms with Crippen molar-refractivity contribution in [1.29, 1.82) is 0 Å². The number of hydrogen-bond acceptors (Lipinski definition) is 4. The summed E-state index contributed by atoms with van der Waals surface area (Å²) in [6, 6.07) is 4.14. The number of thiophene rings is 1. The van der Waals surface area contributed by atoms with Crippen molar-refractivity contribution in [3.05, 3.63) is 33.7 Å². The summed E-state index contributed by atoms with van der Waals surface area (Å²) in [4.78, 5) is 31.3. The molecule has 5 rings (SSSR count). The molecule has 2 aliphatic rings. The number of benzene rings is 1. The van der Waals surface area contributed by atoms with Crippen molar-refractivity contribution >= 4 is 44.1 Å². The lowest BCUT2D eigenvalue weighted by Gasteiger charge is -2.19. The van der Waals surface area contributed by atoms with E-state index in [0.29, 0.717) is 13.0 Å². The number of ketones is 1. The highest BCUT2D eigenvalue weighted by atomic mass is 32.1. The van der Waals surface area contributed by atoms with Crippen LogP contribution in [-0.2, 0) is 19.5 Å². The Hall–Kier alpha value is -2.18. The number of hydrogen-bond donors (Lipinski definition) is 0. The summed E-state index contributed by atoms with van der Waals surface area (Å²) in [5.41, 5.74) is 4.45. The minimum absolute atomic E-state index is 0.128. The molecule has 3 aromatic rings. The Morgan fingerprint density at radius 2 is 1.86 bits per heavy atom. The van der Waals surface area contributed by atoms with Crippen molar-refractivity contribution in [1.82, 2.24) is 14.4 Å². The minimum Gasteiger partial charge on any atom is -0.337 e. The SMILES string of the molecule is CCN(CC)CCn1c2ccc3c(c2c2c4c(sc21)C(=O)N(C)C4)CCC3=O. The molecule has 146 valence electrons. The van der Waals surface area contributed by atoms with Crippen molar-refractivity contribution in [2.75, 3.05) is 26.7 Å². The molecule has 6 heteroatoms. The van der Waals surface area contributed by atoms with E-state index in [1.165, 1.54) is 26.7 Å². The van der Waals surface area contributed by atoms with E-state index in [1.807, 2.05) is 13.1 Å². The first-order valence-electron chi connectivity index (χ1n) is 10.2. The summed E-state index contributed by atoms with van der Waals surface area (Å²) in [6.45, 7) is 9.01. The Balaban J connectivity index is 1.77. The zero-order valence-corrected chi connectivity index (χ0v) is 17.5. The van der Waals surface area contributed by atoms with Gasteiger partial charge in [-0.1, -0.05) is 13.8 Å². The average molecular weight is 396 g/mol. The van der Waals surface area contributed by atoms with E-state index in [4.69, 9.17) is 0 Å². The predicted octanol–water partition coefficient (Wildman–Crippen LogP) is 3.91. The summed E-state index contributed by atoms with van der Waals surface area (Å²) in [5, 5.41) is 2.44. The highest BCUT2D eigenvalue weighted by Gasteiger charge is 2.34. The van der Waals surface area contributed by atoms with Crippen LogP contribution in [0.5, 0.6) is 0 Å². The largest absolute Gasteiger partial charge is 0.337 e. The predicted molar refractivity (Wildman–Crippen MR) is 114 cm³/mol. The van der Waals surface area contributed by atoms with Crippen LogP contribution in [0.25, 0.3) is 21.1 Å². The third-order valence-corrected chi connectivity index (χ3v) is 7.68. The second-order valence-corrected chi connectivity index (χ2v) is 8.84. The van der Waals surface area contributed by atoms with Gasteiger partial charge in [-0.25, -0.2) is 0 Å². The number of Topliss-reactive ketones (excluding diaryl/α,β-unsaturated/α-hetero) is 1. The monoisotopic (exact) mass is 395 g/mol. The van der Waals surface area contributed by atoms with Crippen molar-refractivity contribution in [3.63, 3.8) is 0 Å². The summed E-state index contributed by atoms with van der Waals surface area (Å²) in [7, 11) is 1.87. The number of likely N-dealkylation sites (N-methyl/N-ethyl adjacent to an activating group) is 1. The molecule has 1 aliphatic carbocycles. The molecule has 1 amide bonds. The Morgan fingerprint density at radius 3 is 2.61 bits per heavy atom. The van der Waals surface area contributed by atoms with Gasteiger partial charge in [0.1, 0.15) is 4.83 Å². The number of rotatable bonds is 5.